The molecule has 1 N–H and O–H groups in total. The summed E-state index contributed by atoms with van der Waals surface area (Å²) >= 11 is 1.44. The van der Waals surface area contributed by atoms with E-state index in [9.17, 15) is 4.79 Å². The number of carbonyl (C=O) groups excluding carboxylic acids is 1. The van der Waals surface area contributed by atoms with Crippen LogP contribution >= 0.6 is 11.3 Å². The maximum atomic E-state index is 12.1. The number of rotatable bonds is 3. The van der Waals surface area contributed by atoms with Crippen molar-refractivity contribution in [2.45, 2.75) is 6.92 Å². The van der Waals surface area contributed by atoms with Gasteiger partial charge >= 0.3 is 0 Å². The summed E-state index contributed by atoms with van der Waals surface area (Å²) in [5, 5.41) is 5.40. The van der Waals surface area contributed by atoms with Crippen molar-refractivity contribution in [3.63, 3.8) is 0 Å². The first-order chi connectivity index (χ1) is 9.72. The maximum Gasteiger partial charge on any atom is 0.275 e. The van der Waals surface area contributed by atoms with E-state index in [1.807, 2.05) is 60.3 Å². The van der Waals surface area contributed by atoms with Gasteiger partial charge in [0.1, 0.15) is 5.69 Å². The van der Waals surface area contributed by atoms with Gasteiger partial charge in [0.25, 0.3) is 5.91 Å². The van der Waals surface area contributed by atoms with Crippen molar-refractivity contribution in [3.8, 4) is 5.13 Å². The summed E-state index contributed by atoms with van der Waals surface area (Å²) in [6, 6.07) is 11.5. The lowest BCUT2D eigenvalue weighted by Crippen LogP contribution is -2.12. The third-order valence-corrected chi connectivity index (χ3v) is 3.68. The zero-order valence-electron chi connectivity index (χ0n) is 10.9. The standard InChI is InChI=1S/C15H13N3OS/c1-11-5-4-6-12(9-11)16-14(19)13-10-20-15(17-13)18-7-2-3-8-18/h2-10H,1H3,(H,16,19). The number of nitrogens with one attached hydrogen (secondary N) is 1. The number of anilines is 1. The predicted molar refractivity (Wildman–Crippen MR) is 80.6 cm³/mol. The Kier molecular flexibility index (Phi) is 3.35. The molecule has 0 spiro atoms. The molecule has 0 saturated heterocycles. The van der Waals surface area contributed by atoms with E-state index in [4.69, 9.17) is 0 Å². The molecule has 0 aliphatic heterocycles. The van der Waals surface area contributed by atoms with E-state index in [0.717, 1.165) is 16.4 Å². The molecule has 1 amide bonds. The van der Waals surface area contributed by atoms with Crippen molar-refractivity contribution in [2.75, 3.05) is 5.32 Å². The SMILES string of the molecule is Cc1cccc(NC(=O)c2csc(-n3cccc3)n2)c1. The molecule has 0 bridgehead atoms. The topological polar surface area (TPSA) is 46.9 Å². The number of benzene rings is 1. The molecule has 0 atom stereocenters. The monoisotopic (exact) mass is 283 g/mol. The van der Waals surface area contributed by atoms with E-state index in [2.05, 4.69) is 10.3 Å². The summed E-state index contributed by atoms with van der Waals surface area (Å²) in [5.41, 5.74) is 2.32. The van der Waals surface area contributed by atoms with Gasteiger partial charge < -0.3 is 9.88 Å². The minimum absolute atomic E-state index is 0.190. The third-order valence-electron chi connectivity index (χ3n) is 2.83. The van der Waals surface area contributed by atoms with E-state index in [1.165, 1.54) is 11.3 Å². The van der Waals surface area contributed by atoms with Crippen LogP contribution in [-0.4, -0.2) is 15.5 Å². The van der Waals surface area contributed by atoms with Gasteiger partial charge in [-0.05, 0) is 36.8 Å². The van der Waals surface area contributed by atoms with Crippen LogP contribution in [0.5, 0.6) is 0 Å². The fourth-order valence-corrected chi connectivity index (χ4v) is 2.64. The predicted octanol–water partition coefficient (Wildman–Crippen LogP) is 3.49. The van der Waals surface area contributed by atoms with E-state index in [-0.39, 0.29) is 5.91 Å². The smallest absolute Gasteiger partial charge is 0.275 e. The van der Waals surface area contributed by atoms with Crippen LogP contribution in [0.25, 0.3) is 5.13 Å². The summed E-state index contributed by atoms with van der Waals surface area (Å²) in [7, 11) is 0. The molecule has 0 unspecified atom stereocenters. The van der Waals surface area contributed by atoms with Gasteiger partial charge in [-0.2, -0.15) is 0 Å². The van der Waals surface area contributed by atoms with E-state index in [1.54, 1.807) is 5.38 Å². The maximum absolute atomic E-state index is 12.1. The minimum atomic E-state index is -0.190. The Morgan fingerprint density at radius 2 is 2.05 bits per heavy atom. The highest BCUT2D eigenvalue weighted by molar-refractivity contribution is 7.12. The molecule has 0 aliphatic carbocycles. The second kappa shape index (κ2) is 5.30. The van der Waals surface area contributed by atoms with Crippen LogP contribution in [0.3, 0.4) is 0 Å². The van der Waals surface area contributed by atoms with E-state index < -0.39 is 0 Å². The van der Waals surface area contributed by atoms with Crippen molar-refractivity contribution < 1.29 is 4.79 Å². The summed E-state index contributed by atoms with van der Waals surface area (Å²) < 4.78 is 1.88. The number of carbonyl (C=O) groups is 1. The lowest BCUT2D eigenvalue weighted by atomic mass is 10.2. The average molecular weight is 283 g/mol. The normalized spacial score (nSPS) is 10.4. The van der Waals surface area contributed by atoms with Gasteiger partial charge in [-0.15, -0.1) is 11.3 Å². The number of nitrogens with zero attached hydrogens (tertiary/aromatic N) is 2. The third kappa shape index (κ3) is 2.62. The summed E-state index contributed by atoms with van der Waals surface area (Å²) in [6.45, 7) is 1.99. The van der Waals surface area contributed by atoms with Crippen molar-refractivity contribution >= 4 is 22.9 Å². The molecule has 0 fully saturated rings. The van der Waals surface area contributed by atoms with Gasteiger partial charge in [-0.3, -0.25) is 4.79 Å². The van der Waals surface area contributed by atoms with E-state index in [0.29, 0.717) is 5.69 Å². The van der Waals surface area contributed by atoms with Crippen molar-refractivity contribution in [2.24, 2.45) is 0 Å². The molecule has 3 rings (SSSR count). The number of hydrogen-bond acceptors (Lipinski definition) is 3. The molecular formula is C15H13N3OS. The molecule has 100 valence electrons. The second-order valence-electron chi connectivity index (χ2n) is 4.43. The number of amides is 1. The quantitative estimate of drug-likeness (QED) is 0.799. The van der Waals surface area contributed by atoms with Gasteiger partial charge in [0, 0.05) is 23.5 Å². The second-order valence-corrected chi connectivity index (χ2v) is 5.27. The van der Waals surface area contributed by atoms with Gasteiger partial charge in [0.05, 0.1) is 0 Å². The van der Waals surface area contributed by atoms with Crippen LogP contribution in [0.15, 0.2) is 54.2 Å². The van der Waals surface area contributed by atoms with Crippen molar-refractivity contribution in [1.82, 2.24) is 9.55 Å². The minimum Gasteiger partial charge on any atom is -0.321 e. The first kappa shape index (κ1) is 12.6. The van der Waals surface area contributed by atoms with Crippen molar-refractivity contribution in [1.29, 1.82) is 0 Å². The van der Waals surface area contributed by atoms with Crippen LogP contribution in [0.2, 0.25) is 0 Å². The Bertz CT molecular complexity index is 731. The van der Waals surface area contributed by atoms with E-state index >= 15 is 0 Å². The highest BCUT2D eigenvalue weighted by Crippen LogP contribution is 2.17. The van der Waals surface area contributed by atoms with Crippen LogP contribution < -0.4 is 5.32 Å². The molecule has 2 aromatic heterocycles. The average Bonchev–Trinajstić information content (AvgIpc) is 3.10. The number of aromatic nitrogens is 2. The Morgan fingerprint density at radius 3 is 2.80 bits per heavy atom. The zero-order chi connectivity index (χ0) is 13.9. The summed E-state index contributed by atoms with van der Waals surface area (Å²) in [5.74, 6) is -0.190. The first-order valence-corrected chi connectivity index (χ1v) is 7.07. The molecule has 0 saturated carbocycles. The Labute approximate surface area is 120 Å². The molecule has 20 heavy (non-hydrogen) atoms. The van der Waals surface area contributed by atoms with Gasteiger partial charge in [-0.25, -0.2) is 4.98 Å². The molecule has 1 aromatic carbocycles. The Morgan fingerprint density at radius 1 is 1.25 bits per heavy atom. The number of hydrogen-bond donors (Lipinski definition) is 1. The molecule has 2 heterocycles. The molecule has 3 aromatic rings. The largest absolute Gasteiger partial charge is 0.321 e. The first-order valence-electron chi connectivity index (χ1n) is 6.19. The van der Waals surface area contributed by atoms with Crippen LogP contribution in [0.1, 0.15) is 16.1 Å². The molecule has 0 radical (unpaired) electrons. The van der Waals surface area contributed by atoms with Gasteiger partial charge in [0.15, 0.2) is 5.13 Å². The molecule has 5 heteroatoms. The highest BCUT2D eigenvalue weighted by Gasteiger charge is 2.11. The van der Waals surface area contributed by atoms with Gasteiger partial charge in [0.2, 0.25) is 0 Å². The Balaban J connectivity index is 1.78. The van der Waals surface area contributed by atoms with Crippen molar-refractivity contribution in [3.05, 3.63) is 65.4 Å². The fourth-order valence-electron chi connectivity index (χ4n) is 1.87. The highest BCUT2D eigenvalue weighted by atomic mass is 32.1. The molecule has 4 nitrogen and oxygen atoms in total. The number of aryl methyl sites for hydroxylation is 1. The van der Waals surface area contributed by atoms with Crippen LogP contribution in [0, 0.1) is 6.92 Å². The fraction of sp³-hybridized carbons (Fsp3) is 0.0667. The summed E-state index contributed by atoms with van der Waals surface area (Å²) in [6.07, 6.45) is 3.81. The summed E-state index contributed by atoms with van der Waals surface area (Å²) in [4.78, 5) is 16.5. The molecular weight excluding hydrogens is 270 g/mol. The lowest BCUT2D eigenvalue weighted by molar-refractivity contribution is 0.102. The zero-order valence-corrected chi connectivity index (χ0v) is 11.7. The van der Waals surface area contributed by atoms with Crippen LogP contribution in [-0.2, 0) is 0 Å². The Hall–Kier alpha value is -2.40. The number of thiazole rings is 1. The lowest BCUT2D eigenvalue weighted by Gasteiger charge is -2.03. The van der Waals surface area contributed by atoms with Gasteiger partial charge in [-0.1, -0.05) is 12.1 Å². The molecule has 0 aliphatic rings. The van der Waals surface area contributed by atoms with Crippen LogP contribution in [0.4, 0.5) is 5.69 Å².